The van der Waals surface area contributed by atoms with Crippen LogP contribution in [-0.4, -0.2) is 29.0 Å². The quantitative estimate of drug-likeness (QED) is 0.494. The van der Waals surface area contributed by atoms with Crippen LogP contribution in [0.25, 0.3) is 0 Å². The average Bonchev–Trinajstić information content (AvgIpc) is 3.22. The standard InChI is InChI=1S/C19H18Cl2F3N3O2S/c20-12-6-5-11(9-13(12)21)25-17(28)4-2-8-30-18-26-14(15-3-1-7-29-15)10-16(27-18)19(22,23)24/h1,3,5-7,9,14,16H,2,4,8,10H2,(H,25,28)(H,26,27)/t14-,16+/m1/s1. The van der Waals surface area contributed by atoms with Crippen molar-refractivity contribution in [2.75, 3.05) is 11.1 Å². The first-order valence-electron chi connectivity index (χ1n) is 9.04. The molecule has 1 aromatic heterocycles. The second-order valence-corrected chi connectivity index (χ2v) is 8.47. The van der Waals surface area contributed by atoms with Crippen LogP contribution in [0.3, 0.4) is 0 Å². The highest BCUT2D eigenvalue weighted by atomic mass is 35.5. The molecule has 2 N–H and O–H groups in total. The minimum Gasteiger partial charge on any atom is -0.467 e. The first-order chi connectivity index (χ1) is 14.2. The molecule has 11 heteroatoms. The Morgan fingerprint density at radius 3 is 2.77 bits per heavy atom. The third-order valence-electron chi connectivity index (χ3n) is 4.29. The van der Waals surface area contributed by atoms with Crippen molar-refractivity contribution in [2.24, 2.45) is 4.99 Å². The molecule has 0 spiro atoms. The van der Waals surface area contributed by atoms with Crippen molar-refractivity contribution in [3.05, 3.63) is 52.4 Å². The molecule has 3 rings (SSSR count). The first kappa shape index (κ1) is 22.8. The van der Waals surface area contributed by atoms with E-state index in [4.69, 9.17) is 27.6 Å². The summed E-state index contributed by atoms with van der Waals surface area (Å²) < 4.78 is 45.0. The second-order valence-electron chi connectivity index (χ2n) is 6.57. The zero-order chi connectivity index (χ0) is 21.7. The summed E-state index contributed by atoms with van der Waals surface area (Å²) in [6.07, 6.45) is -2.56. The molecule has 2 atom stereocenters. The van der Waals surface area contributed by atoms with Gasteiger partial charge in [0, 0.05) is 24.3 Å². The summed E-state index contributed by atoms with van der Waals surface area (Å²) in [4.78, 5) is 16.4. The SMILES string of the molecule is O=C(CCCSC1=N[C@@H](c2ccco2)C[C@@H](C(F)(F)F)N1)Nc1ccc(Cl)c(Cl)c1. The lowest BCUT2D eigenvalue weighted by atomic mass is 10.0. The molecule has 0 radical (unpaired) electrons. The van der Waals surface area contributed by atoms with Crippen molar-refractivity contribution in [2.45, 2.75) is 37.5 Å². The summed E-state index contributed by atoms with van der Waals surface area (Å²) in [5, 5.41) is 6.05. The van der Waals surface area contributed by atoms with Gasteiger partial charge in [-0.05, 0) is 36.8 Å². The maximum absolute atomic E-state index is 13.3. The molecule has 2 heterocycles. The van der Waals surface area contributed by atoms with Crippen molar-refractivity contribution in [1.82, 2.24) is 5.32 Å². The molecule has 2 aromatic rings. The van der Waals surface area contributed by atoms with Gasteiger partial charge >= 0.3 is 6.18 Å². The summed E-state index contributed by atoms with van der Waals surface area (Å²) in [6, 6.07) is 5.59. The molecule has 1 aromatic carbocycles. The molecule has 1 amide bonds. The number of alkyl halides is 3. The van der Waals surface area contributed by atoms with Gasteiger partial charge in [0.2, 0.25) is 5.91 Å². The summed E-state index contributed by atoms with van der Waals surface area (Å²) in [7, 11) is 0. The number of amides is 1. The Morgan fingerprint density at radius 1 is 1.30 bits per heavy atom. The van der Waals surface area contributed by atoms with Crippen LogP contribution in [0.1, 0.15) is 31.1 Å². The summed E-state index contributed by atoms with van der Waals surface area (Å²) >= 11 is 12.9. The van der Waals surface area contributed by atoms with Crippen molar-refractivity contribution >= 4 is 51.7 Å². The number of halogens is 5. The Bertz CT molecular complexity index is 907. The number of hydrogen-bond donors (Lipinski definition) is 2. The van der Waals surface area contributed by atoms with Gasteiger partial charge in [0.25, 0.3) is 0 Å². The number of carbonyl (C=O) groups excluding carboxylic acids is 1. The van der Waals surface area contributed by atoms with Crippen molar-refractivity contribution in [1.29, 1.82) is 0 Å². The molecule has 0 aliphatic carbocycles. The van der Waals surface area contributed by atoms with E-state index in [1.807, 2.05) is 0 Å². The number of hydrogen-bond acceptors (Lipinski definition) is 5. The Kier molecular flexibility index (Phi) is 7.60. The number of benzene rings is 1. The fourth-order valence-corrected chi connectivity index (χ4v) is 4.02. The number of furan rings is 1. The van der Waals surface area contributed by atoms with Crippen LogP contribution >= 0.6 is 35.0 Å². The Morgan fingerprint density at radius 2 is 2.10 bits per heavy atom. The van der Waals surface area contributed by atoms with Gasteiger partial charge in [0.15, 0.2) is 5.17 Å². The van der Waals surface area contributed by atoms with Gasteiger partial charge in [0.05, 0.1) is 16.3 Å². The van der Waals surface area contributed by atoms with Gasteiger partial charge < -0.3 is 15.1 Å². The van der Waals surface area contributed by atoms with E-state index in [2.05, 4.69) is 15.6 Å². The van der Waals surface area contributed by atoms with Crippen molar-refractivity contribution < 1.29 is 22.4 Å². The zero-order valence-corrected chi connectivity index (χ0v) is 17.8. The van der Waals surface area contributed by atoms with Gasteiger partial charge in [0.1, 0.15) is 17.8 Å². The third-order valence-corrected chi connectivity index (χ3v) is 6.02. The largest absolute Gasteiger partial charge is 0.467 e. The number of carbonyl (C=O) groups is 1. The monoisotopic (exact) mass is 479 g/mol. The molecular weight excluding hydrogens is 462 g/mol. The second kappa shape index (κ2) is 9.98. The van der Waals surface area contributed by atoms with Crippen LogP contribution in [-0.2, 0) is 4.79 Å². The van der Waals surface area contributed by atoms with Gasteiger partial charge in [-0.3, -0.25) is 9.79 Å². The highest BCUT2D eigenvalue weighted by molar-refractivity contribution is 8.13. The molecule has 30 heavy (non-hydrogen) atoms. The van der Waals surface area contributed by atoms with Gasteiger partial charge in [-0.25, -0.2) is 0 Å². The number of amidine groups is 1. The predicted molar refractivity (Wildman–Crippen MR) is 113 cm³/mol. The molecule has 1 aliphatic rings. The van der Waals surface area contributed by atoms with Crippen LogP contribution in [0.5, 0.6) is 0 Å². The molecule has 0 bridgehead atoms. The van der Waals surface area contributed by atoms with E-state index in [1.165, 1.54) is 6.26 Å². The molecule has 162 valence electrons. The number of aliphatic imine (C=N–C) groups is 1. The van der Waals surface area contributed by atoms with E-state index in [1.54, 1.807) is 30.3 Å². The number of rotatable bonds is 6. The molecular formula is C19H18Cl2F3N3O2S. The average molecular weight is 480 g/mol. The Labute approximate surface area is 185 Å². The van der Waals surface area contributed by atoms with E-state index >= 15 is 0 Å². The lowest BCUT2D eigenvalue weighted by Gasteiger charge is -2.30. The van der Waals surface area contributed by atoms with E-state index in [0.717, 1.165) is 11.8 Å². The maximum atomic E-state index is 13.3. The van der Waals surface area contributed by atoms with E-state index in [0.29, 0.717) is 33.7 Å². The van der Waals surface area contributed by atoms with Crippen LogP contribution < -0.4 is 10.6 Å². The molecule has 0 fully saturated rings. The third kappa shape index (κ3) is 6.33. The smallest absolute Gasteiger partial charge is 0.408 e. The molecule has 0 saturated heterocycles. The number of nitrogens with zero attached hydrogens (tertiary/aromatic N) is 1. The Hall–Kier alpha value is -1.84. The number of anilines is 1. The molecule has 0 unspecified atom stereocenters. The highest BCUT2D eigenvalue weighted by Gasteiger charge is 2.44. The predicted octanol–water partition coefficient (Wildman–Crippen LogP) is 6.06. The number of nitrogens with one attached hydrogen (secondary N) is 2. The fourth-order valence-electron chi connectivity index (χ4n) is 2.82. The van der Waals surface area contributed by atoms with E-state index < -0.39 is 18.3 Å². The van der Waals surface area contributed by atoms with Crippen LogP contribution in [0.2, 0.25) is 10.0 Å². The summed E-state index contributed by atoms with van der Waals surface area (Å²) in [5.41, 5.74) is 0.523. The molecule has 1 aliphatic heterocycles. The fraction of sp³-hybridized carbons (Fsp3) is 0.368. The van der Waals surface area contributed by atoms with Crippen LogP contribution in [0.15, 0.2) is 46.0 Å². The molecule has 5 nitrogen and oxygen atoms in total. The van der Waals surface area contributed by atoms with Crippen molar-refractivity contribution in [3.63, 3.8) is 0 Å². The normalized spacial score (nSPS) is 19.2. The summed E-state index contributed by atoms with van der Waals surface area (Å²) in [5.74, 6) is 0.592. The minimum atomic E-state index is -4.40. The first-order valence-corrected chi connectivity index (χ1v) is 10.8. The number of thioether (sulfide) groups is 1. The zero-order valence-electron chi connectivity index (χ0n) is 15.5. The summed E-state index contributed by atoms with van der Waals surface area (Å²) in [6.45, 7) is 0. The van der Waals surface area contributed by atoms with Crippen molar-refractivity contribution in [3.8, 4) is 0 Å². The van der Waals surface area contributed by atoms with E-state index in [9.17, 15) is 18.0 Å². The lowest BCUT2D eigenvalue weighted by Crippen LogP contribution is -2.48. The maximum Gasteiger partial charge on any atom is 0.408 e. The lowest BCUT2D eigenvalue weighted by molar-refractivity contribution is -0.155. The van der Waals surface area contributed by atoms with Gasteiger partial charge in [-0.15, -0.1) is 0 Å². The molecule has 0 saturated carbocycles. The highest BCUT2D eigenvalue weighted by Crippen LogP contribution is 2.34. The minimum absolute atomic E-state index is 0.190. The van der Waals surface area contributed by atoms with Gasteiger partial charge in [-0.2, -0.15) is 13.2 Å². The van der Waals surface area contributed by atoms with Gasteiger partial charge in [-0.1, -0.05) is 35.0 Å². The van der Waals surface area contributed by atoms with E-state index in [-0.39, 0.29) is 23.9 Å². The Balaban J connectivity index is 1.51. The topological polar surface area (TPSA) is 66.6 Å². The van der Waals surface area contributed by atoms with Crippen LogP contribution in [0, 0.1) is 0 Å². The van der Waals surface area contributed by atoms with Crippen LogP contribution in [0.4, 0.5) is 18.9 Å².